The number of hydrogen-bond donors (Lipinski definition) is 1. The van der Waals surface area contributed by atoms with Crippen LogP contribution in [0.15, 0.2) is 112 Å². The molecular formula is C29H25BrN2O4S. The zero-order valence-electron chi connectivity index (χ0n) is 20.1. The van der Waals surface area contributed by atoms with Crippen molar-refractivity contribution < 1.29 is 18.4 Å². The third-order valence-electron chi connectivity index (χ3n) is 6.18. The fourth-order valence-corrected chi connectivity index (χ4v) is 6.08. The first-order chi connectivity index (χ1) is 17.8. The molecule has 1 aliphatic carbocycles. The van der Waals surface area contributed by atoms with E-state index in [9.17, 15) is 13.5 Å². The molecule has 0 radical (unpaired) electrons. The van der Waals surface area contributed by atoms with E-state index < -0.39 is 16.1 Å². The van der Waals surface area contributed by atoms with Crippen molar-refractivity contribution in [3.8, 4) is 11.1 Å². The highest BCUT2D eigenvalue weighted by molar-refractivity contribution is 9.10. The molecule has 0 aromatic heterocycles. The van der Waals surface area contributed by atoms with Crippen LogP contribution < -0.4 is 4.31 Å². The summed E-state index contributed by atoms with van der Waals surface area (Å²) in [7, 11) is -3.93. The summed E-state index contributed by atoms with van der Waals surface area (Å²) in [4.78, 5) is 5.74. The number of anilines is 1. The number of benzene rings is 4. The number of nitrogens with zero attached hydrogens (tertiary/aromatic N) is 2. The van der Waals surface area contributed by atoms with Gasteiger partial charge >= 0.3 is 0 Å². The quantitative estimate of drug-likeness (QED) is 0.238. The molecule has 4 aromatic carbocycles. The molecule has 1 atom stereocenters. The minimum atomic E-state index is -3.93. The molecule has 0 amide bonds. The molecule has 0 saturated heterocycles. The van der Waals surface area contributed by atoms with Crippen molar-refractivity contribution in [1.82, 2.24) is 0 Å². The maximum Gasteiger partial charge on any atom is 0.264 e. The summed E-state index contributed by atoms with van der Waals surface area (Å²) in [5, 5.41) is 15.2. The molecule has 0 heterocycles. The van der Waals surface area contributed by atoms with Gasteiger partial charge < -0.3 is 9.94 Å². The summed E-state index contributed by atoms with van der Waals surface area (Å²) < 4.78 is 29.1. The lowest BCUT2D eigenvalue weighted by Crippen LogP contribution is -2.39. The van der Waals surface area contributed by atoms with Crippen molar-refractivity contribution in [2.45, 2.75) is 17.9 Å². The predicted molar refractivity (Wildman–Crippen MR) is 149 cm³/mol. The van der Waals surface area contributed by atoms with Crippen molar-refractivity contribution in [2.24, 2.45) is 5.16 Å². The Morgan fingerprint density at radius 2 is 1.38 bits per heavy atom. The number of fused-ring (bicyclic) bond motifs is 3. The largest absolute Gasteiger partial charge is 0.392 e. The minimum absolute atomic E-state index is 0.147. The van der Waals surface area contributed by atoms with Gasteiger partial charge in [-0.05, 0) is 54.4 Å². The summed E-state index contributed by atoms with van der Waals surface area (Å²) in [6.07, 6.45) is -1.12. The van der Waals surface area contributed by atoms with E-state index in [0.717, 1.165) is 32.3 Å². The van der Waals surface area contributed by atoms with Gasteiger partial charge in [-0.2, -0.15) is 0 Å². The summed E-state index contributed by atoms with van der Waals surface area (Å²) in [5.41, 5.74) is 6.14. The van der Waals surface area contributed by atoms with Gasteiger partial charge in [-0.3, -0.25) is 4.31 Å². The van der Waals surface area contributed by atoms with E-state index >= 15 is 0 Å². The second kappa shape index (κ2) is 10.5. The van der Waals surface area contributed by atoms with Crippen LogP contribution in [0, 0.1) is 6.92 Å². The van der Waals surface area contributed by atoms with Gasteiger partial charge in [-0.25, -0.2) is 8.42 Å². The summed E-state index contributed by atoms with van der Waals surface area (Å²) in [5.74, 6) is 0. The van der Waals surface area contributed by atoms with Crippen molar-refractivity contribution >= 4 is 37.4 Å². The smallest absolute Gasteiger partial charge is 0.264 e. The number of sulfonamides is 1. The third-order valence-corrected chi connectivity index (χ3v) is 8.51. The molecule has 8 heteroatoms. The summed E-state index contributed by atoms with van der Waals surface area (Å²) in [6.45, 7) is 1.52. The van der Waals surface area contributed by atoms with Crippen LogP contribution in [0.2, 0.25) is 0 Å². The van der Waals surface area contributed by atoms with Crippen LogP contribution in [-0.2, 0) is 14.9 Å². The van der Waals surface area contributed by atoms with Gasteiger partial charge in [0.25, 0.3) is 10.0 Å². The van der Waals surface area contributed by atoms with Crippen molar-refractivity contribution in [1.29, 1.82) is 0 Å². The van der Waals surface area contributed by atoms with Crippen molar-refractivity contribution in [3.05, 3.63) is 118 Å². The van der Waals surface area contributed by atoms with Gasteiger partial charge in [0.1, 0.15) is 18.4 Å². The topological polar surface area (TPSA) is 79.2 Å². The number of hydrogen-bond acceptors (Lipinski definition) is 5. The molecule has 0 spiro atoms. The Labute approximate surface area is 225 Å². The first-order valence-electron chi connectivity index (χ1n) is 11.8. The SMILES string of the molecule is Cc1ccc(S(=O)(=O)N(C[C@H](O)CON=C2c3ccccc3-c3ccccc32)c2ccc(Br)cc2)cc1. The lowest BCUT2D eigenvalue weighted by Gasteiger charge is -2.26. The van der Waals surface area contributed by atoms with E-state index in [1.807, 2.05) is 55.5 Å². The second-order valence-electron chi connectivity index (χ2n) is 8.81. The lowest BCUT2D eigenvalue weighted by atomic mass is 10.1. The summed E-state index contributed by atoms with van der Waals surface area (Å²) in [6, 6.07) is 29.4. The molecule has 0 unspecified atom stereocenters. The Kier molecular flexibility index (Phi) is 7.15. The fraction of sp³-hybridized carbons (Fsp3) is 0.138. The van der Waals surface area contributed by atoms with E-state index in [0.29, 0.717) is 11.4 Å². The molecule has 0 saturated carbocycles. The van der Waals surface area contributed by atoms with E-state index in [2.05, 4.69) is 21.1 Å². The first-order valence-corrected chi connectivity index (χ1v) is 14.0. The van der Waals surface area contributed by atoms with Crippen LogP contribution in [0.5, 0.6) is 0 Å². The van der Waals surface area contributed by atoms with Gasteiger partial charge in [0, 0.05) is 15.6 Å². The molecular weight excluding hydrogens is 552 g/mol. The third kappa shape index (κ3) is 5.18. The highest BCUT2D eigenvalue weighted by atomic mass is 79.9. The zero-order valence-corrected chi connectivity index (χ0v) is 22.5. The number of halogens is 1. The van der Waals surface area contributed by atoms with E-state index in [4.69, 9.17) is 4.84 Å². The number of aliphatic hydroxyl groups excluding tert-OH is 1. The highest BCUT2D eigenvalue weighted by Crippen LogP contribution is 2.36. The minimum Gasteiger partial charge on any atom is -0.392 e. The molecule has 0 aliphatic heterocycles. The molecule has 0 bridgehead atoms. The molecule has 1 aliphatic rings. The molecule has 6 nitrogen and oxygen atoms in total. The summed E-state index contributed by atoms with van der Waals surface area (Å²) >= 11 is 3.39. The Balaban J connectivity index is 1.37. The first kappa shape index (κ1) is 25.2. The monoisotopic (exact) mass is 576 g/mol. The highest BCUT2D eigenvalue weighted by Gasteiger charge is 2.28. The Bertz CT molecular complexity index is 1500. The number of oxime groups is 1. The maximum absolute atomic E-state index is 13.6. The maximum atomic E-state index is 13.6. The van der Waals surface area contributed by atoms with Crippen LogP contribution in [0.4, 0.5) is 5.69 Å². The van der Waals surface area contributed by atoms with Gasteiger partial charge in [-0.15, -0.1) is 0 Å². The molecule has 188 valence electrons. The Morgan fingerprint density at radius 1 is 0.838 bits per heavy atom. The Morgan fingerprint density at radius 3 is 1.95 bits per heavy atom. The average molecular weight is 578 g/mol. The van der Waals surface area contributed by atoms with Crippen LogP contribution in [0.1, 0.15) is 16.7 Å². The van der Waals surface area contributed by atoms with Gasteiger partial charge in [0.2, 0.25) is 0 Å². The standard InChI is InChI=1S/C29H25BrN2O4S/c1-20-10-16-24(17-11-20)37(34,35)32(22-14-12-21(30)13-15-22)18-23(33)19-36-31-29-27-8-4-2-6-25(27)26-7-3-5-9-28(26)29/h2-17,23,33H,18-19H2,1H3/t23-/m0/s1. The molecule has 37 heavy (non-hydrogen) atoms. The van der Waals surface area contributed by atoms with E-state index in [1.165, 1.54) is 4.31 Å². The molecule has 1 N–H and O–H groups in total. The van der Waals surface area contributed by atoms with E-state index in [-0.39, 0.29) is 18.0 Å². The van der Waals surface area contributed by atoms with Crippen LogP contribution in [-0.4, -0.2) is 38.5 Å². The van der Waals surface area contributed by atoms with Gasteiger partial charge in [-0.1, -0.05) is 87.3 Å². The van der Waals surface area contributed by atoms with Crippen molar-refractivity contribution in [2.75, 3.05) is 17.5 Å². The number of rotatable bonds is 8. The molecule has 4 aromatic rings. The normalized spacial score (nSPS) is 13.0. The van der Waals surface area contributed by atoms with Crippen LogP contribution in [0.25, 0.3) is 11.1 Å². The van der Waals surface area contributed by atoms with E-state index in [1.54, 1.807) is 48.5 Å². The van der Waals surface area contributed by atoms with Crippen LogP contribution >= 0.6 is 15.9 Å². The fourth-order valence-electron chi connectivity index (χ4n) is 4.31. The van der Waals surface area contributed by atoms with Gasteiger partial charge in [0.05, 0.1) is 17.1 Å². The average Bonchev–Trinajstić information content (AvgIpc) is 3.22. The number of aliphatic hydroxyl groups is 1. The Hall–Kier alpha value is -3.46. The van der Waals surface area contributed by atoms with Gasteiger partial charge in [0.15, 0.2) is 0 Å². The van der Waals surface area contributed by atoms with Crippen molar-refractivity contribution in [3.63, 3.8) is 0 Å². The molecule has 5 rings (SSSR count). The second-order valence-corrected chi connectivity index (χ2v) is 11.6. The number of aryl methyl sites for hydroxylation is 1. The molecule has 0 fully saturated rings. The predicted octanol–water partition coefficient (Wildman–Crippen LogP) is 5.76. The lowest BCUT2D eigenvalue weighted by molar-refractivity contribution is 0.0456. The zero-order chi connectivity index (χ0) is 26.0. The van der Waals surface area contributed by atoms with Crippen LogP contribution in [0.3, 0.4) is 0 Å².